The molecule has 1 amide bonds. The minimum absolute atomic E-state index is 0.179. The second kappa shape index (κ2) is 10.3. The van der Waals surface area contributed by atoms with Gasteiger partial charge in [-0.05, 0) is 44.3 Å². The lowest BCUT2D eigenvalue weighted by atomic mass is 9.98. The smallest absolute Gasteiger partial charge is 0.274 e. The van der Waals surface area contributed by atoms with Crippen molar-refractivity contribution in [1.82, 2.24) is 10.4 Å². The van der Waals surface area contributed by atoms with Crippen molar-refractivity contribution in [3.8, 4) is 0 Å². The Morgan fingerprint density at radius 1 is 1.27 bits per heavy atom. The summed E-state index contributed by atoms with van der Waals surface area (Å²) in [5, 5.41) is 0. The summed E-state index contributed by atoms with van der Waals surface area (Å²) in [4.78, 5) is 30.7. The van der Waals surface area contributed by atoms with Gasteiger partial charge in [0.1, 0.15) is 6.29 Å². The highest BCUT2D eigenvalue weighted by molar-refractivity contribution is 5.95. The van der Waals surface area contributed by atoms with Gasteiger partial charge in [0.2, 0.25) is 0 Å². The van der Waals surface area contributed by atoms with Crippen LogP contribution < -0.4 is 5.48 Å². The average molecular weight is 362 g/mol. The number of amides is 1. The Balaban J connectivity index is 1.80. The summed E-state index contributed by atoms with van der Waals surface area (Å²) >= 11 is 0. The van der Waals surface area contributed by atoms with Crippen molar-refractivity contribution < 1.29 is 19.2 Å². The minimum Gasteiger partial charge on any atom is -0.372 e. The molecule has 0 bridgehead atoms. The van der Waals surface area contributed by atoms with Crippen molar-refractivity contribution >= 4 is 12.2 Å². The fourth-order valence-electron chi connectivity index (χ4n) is 2.87. The van der Waals surface area contributed by atoms with Crippen LogP contribution in [0.2, 0.25) is 0 Å². The van der Waals surface area contributed by atoms with E-state index in [1.54, 1.807) is 6.92 Å². The number of carbonyl (C=O) groups is 2. The molecule has 0 saturated carbocycles. The van der Waals surface area contributed by atoms with Crippen LogP contribution in [-0.2, 0) is 19.2 Å². The number of rotatable bonds is 8. The number of allylic oxidation sites excluding steroid dienone is 3. The number of nitrogens with one attached hydrogen (secondary N) is 1. The lowest BCUT2D eigenvalue weighted by Crippen LogP contribution is -2.33. The fraction of sp³-hybridized carbons (Fsp3) is 0.600. The fourth-order valence-corrected chi connectivity index (χ4v) is 2.87. The van der Waals surface area contributed by atoms with Gasteiger partial charge in [-0.15, -0.1) is 0 Å². The Morgan fingerprint density at radius 3 is 2.65 bits per heavy atom. The van der Waals surface area contributed by atoms with E-state index in [2.05, 4.69) is 30.3 Å². The Bertz CT molecular complexity index is 572. The lowest BCUT2D eigenvalue weighted by molar-refractivity contribution is -0.180. The molecule has 6 heteroatoms. The third kappa shape index (κ3) is 6.42. The maximum atomic E-state index is 12.3. The van der Waals surface area contributed by atoms with Crippen LogP contribution in [0.25, 0.3) is 0 Å². The Labute approximate surface area is 155 Å². The van der Waals surface area contributed by atoms with Gasteiger partial charge in [-0.25, -0.2) is 10.3 Å². The predicted molar refractivity (Wildman–Crippen MR) is 99.8 cm³/mol. The topological polar surface area (TPSA) is 67.9 Å². The number of likely N-dealkylation sites (tertiary alicyclic amines) is 1. The molecule has 1 aliphatic carbocycles. The third-order valence-electron chi connectivity index (χ3n) is 4.44. The summed E-state index contributed by atoms with van der Waals surface area (Å²) in [6, 6.07) is 0. The maximum absolute atomic E-state index is 12.3. The first-order valence-corrected chi connectivity index (χ1v) is 9.35. The second-order valence-electron chi connectivity index (χ2n) is 7.16. The molecule has 2 aliphatic rings. The molecule has 1 aliphatic heterocycles. The number of hydrogen-bond acceptors (Lipinski definition) is 5. The zero-order valence-electron chi connectivity index (χ0n) is 15.9. The SMILES string of the molecule is CC(C)COC(C)ONC(=O)C1=CCC=C(N2CCC(C=O)CC2)C=C1. The van der Waals surface area contributed by atoms with Crippen molar-refractivity contribution in [3.63, 3.8) is 0 Å². The van der Waals surface area contributed by atoms with Gasteiger partial charge in [0.15, 0.2) is 6.29 Å². The molecule has 6 nitrogen and oxygen atoms in total. The number of ether oxygens (including phenoxy) is 1. The number of carbonyl (C=O) groups excluding carboxylic acids is 2. The number of aldehydes is 1. The van der Waals surface area contributed by atoms with Gasteiger partial charge in [-0.3, -0.25) is 4.79 Å². The molecule has 2 rings (SSSR count). The van der Waals surface area contributed by atoms with Crippen LogP contribution in [0.15, 0.2) is 35.6 Å². The van der Waals surface area contributed by atoms with E-state index in [0.717, 1.165) is 37.9 Å². The Kier molecular flexibility index (Phi) is 8.06. The molecular weight excluding hydrogens is 332 g/mol. The molecule has 26 heavy (non-hydrogen) atoms. The van der Waals surface area contributed by atoms with Crippen molar-refractivity contribution in [3.05, 3.63) is 35.6 Å². The zero-order chi connectivity index (χ0) is 18.9. The van der Waals surface area contributed by atoms with Crippen LogP contribution in [0.5, 0.6) is 0 Å². The van der Waals surface area contributed by atoms with Gasteiger partial charge < -0.3 is 14.4 Å². The molecule has 1 atom stereocenters. The summed E-state index contributed by atoms with van der Waals surface area (Å²) in [6.45, 7) is 8.18. The molecule has 1 heterocycles. The first-order valence-electron chi connectivity index (χ1n) is 9.35. The van der Waals surface area contributed by atoms with E-state index in [-0.39, 0.29) is 11.8 Å². The van der Waals surface area contributed by atoms with E-state index in [1.807, 2.05) is 18.2 Å². The maximum Gasteiger partial charge on any atom is 0.274 e. The van der Waals surface area contributed by atoms with Crippen LogP contribution in [0, 0.1) is 11.8 Å². The molecule has 144 valence electrons. The van der Waals surface area contributed by atoms with E-state index >= 15 is 0 Å². The van der Waals surface area contributed by atoms with E-state index in [0.29, 0.717) is 24.5 Å². The summed E-state index contributed by atoms with van der Waals surface area (Å²) < 4.78 is 5.46. The Morgan fingerprint density at radius 2 is 2.00 bits per heavy atom. The van der Waals surface area contributed by atoms with Gasteiger partial charge in [0.25, 0.3) is 5.91 Å². The quantitative estimate of drug-likeness (QED) is 0.408. The highest BCUT2D eigenvalue weighted by Crippen LogP contribution is 2.22. The van der Waals surface area contributed by atoms with E-state index < -0.39 is 6.29 Å². The zero-order valence-corrected chi connectivity index (χ0v) is 15.9. The first-order chi connectivity index (χ1) is 12.5. The first kappa shape index (κ1) is 20.4. The molecule has 1 N–H and O–H groups in total. The molecule has 0 radical (unpaired) electrons. The minimum atomic E-state index is -0.496. The molecule has 0 aromatic carbocycles. The van der Waals surface area contributed by atoms with Crippen LogP contribution in [-0.4, -0.2) is 43.1 Å². The number of hydroxylamine groups is 1. The molecular formula is C20H30N2O4. The normalized spacial score (nSPS) is 19.6. The summed E-state index contributed by atoms with van der Waals surface area (Å²) in [7, 11) is 0. The summed E-state index contributed by atoms with van der Waals surface area (Å²) in [6.07, 6.45) is 10.8. The Hall–Kier alpha value is -1.92. The van der Waals surface area contributed by atoms with Crippen LogP contribution in [0.4, 0.5) is 0 Å². The highest BCUT2D eigenvalue weighted by atomic mass is 16.8. The van der Waals surface area contributed by atoms with Gasteiger partial charge >= 0.3 is 0 Å². The van der Waals surface area contributed by atoms with Crippen molar-refractivity contribution in [2.24, 2.45) is 11.8 Å². The highest BCUT2D eigenvalue weighted by Gasteiger charge is 2.20. The molecule has 0 aromatic heterocycles. The van der Waals surface area contributed by atoms with Crippen LogP contribution in [0.3, 0.4) is 0 Å². The van der Waals surface area contributed by atoms with Crippen molar-refractivity contribution in [2.45, 2.75) is 46.3 Å². The second-order valence-corrected chi connectivity index (χ2v) is 7.16. The van der Waals surface area contributed by atoms with Crippen molar-refractivity contribution in [2.75, 3.05) is 19.7 Å². The molecule has 1 unspecified atom stereocenters. The average Bonchev–Trinajstić information content (AvgIpc) is 2.90. The standard InChI is InChI=1S/C20H30N2O4/c1-15(2)14-25-16(3)26-21-20(24)18-5-4-6-19(8-7-18)22-11-9-17(13-23)10-12-22/h5-8,13,15-17H,4,9-12,14H2,1-3H3,(H,21,24). The van der Waals surface area contributed by atoms with Gasteiger partial charge in [-0.2, -0.15) is 0 Å². The van der Waals surface area contributed by atoms with E-state index in [9.17, 15) is 9.59 Å². The lowest BCUT2D eigenvalue weighted by Gasteiger charge is -2.32. The van der Waals surface area contributed by atoms with E-state index in [4.69, 9.17) is 9.57 Å². The summed E-state index contributed by atoms with van der Waals surface area (Å²) in [5.41, 5.74) is 4.12. The number of hydrogen-bond donors (Lipinski definition) is 1. The predicted octanol–water partition coefficient (Wildman–Crippen LogP) is 2.73. The molecule has 0 spiro atoms. The molecule has 1 saturated heterocycles. The van der Waals surface area contributed by atoms with Gasteiger partial charge in [0, 0.05) is 30.3 Å². The van der Waals surface area contributed by atoms with Crippen LogP contribution in [0.1, 0.15) is 40.0 Å². The van der Waals surface area contributed by atoms with Gasteiger partial charge in [0.05, 0.1) is 6.61 Å². The largest absolute Gasteiger partial charge is 0.372 e. The summed E-state index contributed by atoms with van der Waals surface area (Å²) in [5.74, 6) is 0.305. The third-order valence-corrected chi connectivity index (χ3v) is 4.44. The van der Waals surface area contributed by atoms with Gasteiger partial charge in [-0.1, -0.05) is 26.0 Å². The number of piperidine rings is 1. The number of nitrogens with zero attached hydrogens (tertiary/aromatic N) is 1. The molecule has 1 fully saturated rings. The monoisotopic (exact) mass is 362 g/mol. The van der Waals surface area contributed by atoms with Crippen LogP contribution >= 0.6 is 0 Å². The van der Waals surface area contributed by atoms with Crippen molar-refractivity contribution in [1.29, 1.82) is 0 Å². The van der Waals surface area contributed by atoms with E-state index in [1.165, 1.54) is 0 Å². The molecule has 0 aromatic rings.